The van der Waals surface area contributed by atoms with Crippen molar-refractivity contribution < 1.29 is 9.78 Å². The highest BCUT2D eigenvalue weighted by molar-refractivity contribution is 4.87. The fourth-order valence-corrected chi connectivity index (χ4v) is 1.73. The van der Waals surface area contributed by atoms with Gasteiger partial charge in [0.1, 0.15) is 12.2 Å². The molecule has 0 rings (SSSR count). The SMILES string of the molecule is C/C=C/CC(OOC(C/C=C/C)C(C)(C)C)C(C)(C)C. The predicted molar refractivity (Wildman–Crippen MR) is 87.5 cm³/mol. The summed E-state index contributed by atoms with van der Waals surface area (Å²) in [4.78, 5) is 11.6. The van der Waals surface area contributed by atoms with Gasteiger partial charge in [-0.25, -0.2) is 9.78 Å². The summed E-state index contributed by atoms with van der Waals surface area (Å²) in [6, 6.07) is 0. The highest BCUT2D eigenvalue weighted by Gasteiger charge is 2.30. The van der Waals surface area contributed by atoms with E-state index >= 15 is 0 Å². The smallest absolute Gasteiger partial charge is 0.101 e. The Bertz CT molecular complexity index is 270. The van der Waals surface area contributed by atoms with Gasteiger partial charge in [-0.1, -0.05) is 65.8 Å². The van der Waals surface area contributed by atoms with E-state index < -0.39 is 0 Å². The average Bonchev–Trinajstić information content (AvgIpc) is 2.29. The average molecular weight is 282 g/mol. The Morgan fingerprint density at radius 2 is 1.00 bits per heavy atom. The highest BCUT2D eigenvalue weighted by atomic mass is 17.2. The van der Waals surface area contributed by atoms with E-state index in [9.17, 15) is 0 Å². The largest absolute Gasteiger partial charge is 0.232 e. The summed E-state index contributed by atoms with van der Waals surface area (Å²) in [5, 5.41) is 0. The molecule has 0 aliphatic carbocycles. The molecule has 0 aliphatic rings. The second-order valence-corrected chi connectivity index (χ2v) is 7.51. The van der Waals surface area contributed by atoms with Gasteiger partial charge in [0.2, 0.25) is 0 Å². The van der Waals surface area contributed by atoms with Crippen molar-refractivity contribution >= 4 is 0 Å². The highest BCUT2D eigenvalue weighted by Crippen LogP contribution is 2.30. The molecule has 0 aromatic heterocycles. The zero-order valence-electron chi connectivity index (χ0n) is 14.7. The molecule has 118 valence electrons. The molecule has 2 heteroatoms. The van der Waals surface area contributed by atoms with E-state index in [4.69, 9.17) is 9.78 Å². The fraction of sp³-hybridized carbons (Fsp3) is 0.778. The first-order valence-corrected chi connectivity index (χ1v) is 7.67. The van der Waals surface area contributed by atoms with Gasteiger partial charge < -0.3 is 0 Å². The van der Waals surface area contributed by atoms with Crippen LogP contribution in [0.15, 0.2) is 24.3 Å². The molecule has 0 aromatic rings. The second kappa shape index (κ2) is 8.63. The topological polar surface area (TPSA) is 18.5 Å². The Kier molecular flexibility index (Phi) is 8.38. The third-order valence-corrected chi connectivity index (χ3v) is 3.39. The first-order valence-electron chi connectivity index (χ1n) is 7.67. The maximum atomic E-state index is 5.81. The van der Waals surface area contributed by atoms with Crippen LogP contribution in [0.3, 0.4) is 0 Å². The van der Waals surface area contributed by atoms with Gasteiger partial charge in [0.05, 0.1) is 0 Å². The number of allylic oxidation sites excluding steroid dienone is 2. The van der Waals surface area contributed by atoms with Crippen molar-refractivity contribution in [2.24, 2.45) is 10.8 Å². The van der Waals surface area contributed by atoms with E-state index in [1.807, 2.05) is 13.8 Å². The van der Waals surface area contributed by atoms with Crippen LogP contribution in [0.2, 0.25) is 0 Å². The zero-order chi connectivity index (χ0) is 15.8. The minimum atomic E-state index is 0.0581. The van der Waals surface area contributed by atoms with Crippen molar-refractivity contribution in [1.29, 1.82) is 0 Å². The Morgan fingerprint density at radius 1 is 0.700 bits per heavy atom. The molecule has 0 saturated heterocycles. The maximum Gasteiger partial charge on any atom is 0.101 e. The van der Waals surface area contributed by atoms with Gasteiger partial charge in [-0.05, 0) is 37.5 Å². The van der Waals surface area contributed by atoms with Crippen LogP contribution in [0, 0.1) is 10.8 Å². The van der Waals surface area contributed by atoms with E-state index in [1.165, 1.54) is 0 Å². The third kappa shape index (κ3) is 7.86. The normalized spacial score (nSPS) is 17.0. The van der Waals surface area contributed by atoms with Crippen LogP contribution in [0.1, 0.15) is 68.2 Å². The number of rotatable bonds is 7. The van der Waals surface area contributed by atoms with Crippen LogP contribution in [0.4, 0.5) is 0 Å². The minimum Gasteiger partial charge on any atom is -0.232 e. The molecular weight excluding hydrogens is 248 g/mol. The van der Waals surface area contributed by atoms with Gasteiger partial charge in [-0.3, -0.25) is 0 Å². The predicted octanol–water partition coefficient (Wildman–Crippen LogP) is 5.70. The summed E-state index contributed by atoms with van der Waals surface area (Å²) in [7, 11) is 0. The molecule has 0 N–H and O–H groups in total. The number of hydrogen-bond donors (Lipinski definition) is 0. The lowest BCUT2D eigenvalue weighted by molar-refractivity contribution is -0.377. The van der Waals surface area contributed by atoms with Crippen molar-refractivity contribution in [3.05, 3.63) is 24.3 Å². The molecule has 0 saturated carbocycles. The van der Waals surface area contributed by atoms with Gasteiger partial charge in [0.15, 0.2) is 0 Å². The van der Waals surface area contributed by atoms with Gasteiger partial charge in [-0.2, -0.15) is 0 Å². The molecule has 0 radical (unpaired) electrons. The lowest BCUT2D eigenvalue weighted by Crippen LogP contribution is -2.35. The van der Waals surface area contributed by atoms with Crippen LogP contribution in [-0.2, 0) is 9.78 Å². The van der Waals surface area contributed by atoms with Gasteiger partial charge >= 0.3 is 0 Å². The Balaban J connectivity index is 4.69. The molecular formula is C18H34O2. The number of hydrogen-bond acceptors (Lipinski definition) is 2. The quantitative estimate of drug-likeness (QED) is 0.339. The Hall–Kier alpha value is -0.600. The minimum absolute atomic E-state index is 0.0581. The zero-order valence-corrected chi connectivity index (χ0v) is 14.7. The summed E-state index contributed by atoms with van der Waals surface area (Å²) in [5.41, 5.74) is 0.116. The fourth-order valence-electron chi connectivity index (χ4n) is 1.73. The first kappa shape index (κ1) is 19.4. The van der Waals surface area contributed by atoms with E-state index in [0.717, 1.165) is 12.8 Å². The first-order chi connectivity index (χ1) is 9.12. The molecule has 0 aliphatic heterocycles. The van der Waals surface area contributed by atoms with Crippen molar-refractivity contribution in [3.63, 3.8) is 0 Å². The molecule has 20 heavy (non-hydrogen) atoms. The summed E-state index contributed by atoms with van der Waals surface area (Å²) in [5.74, 6) is 0. The van der Waals surface area contributed by atoms with Gasteiger partial charge in [-0.15, -0.1) is 0 Å². The lowest BCUT2D eigenvalue weighted by Gasteiger charge is -2.34. The molecule has 0 fully saturated rings. The summed E-state index contributed by atoms with van der Waals surface area (Å²) in [6.45, 7) is 17.2. The van der Waals surface area contributed by atoms with Crippen molar-refractivity contribution in [2.75, 3.05) is 0 Å². The van der Waals surface area contributed by atoms with E-state index in [0.29, 0.717) is 0 Å². The Labute approximate surface area is 126 Å². The Morgan fingerprint density at radius 3 is 1.20 bits per heavy atom. The van der Waals surface area contributed by atoms with Crippen LogP contribution >= 0.6 is 0 Å². The van der Waals surface area contributed by atoms with E-state index in [1.54, 1.807) is 0 Å². The summed E-state index contributed by atoms with van der Waals surface area (Å²) in [6.07, 6.45) is 10.3. The van der Waals surface area contributed by atoms with Crippen LogP contribution in [-0.4, -0.2) is 12.2 Å². The van der Waals surface area contributed by atoms with Crippen molar-refractivity contribution in [1.82, 2.24) is 0 Å². The molecule has 0 aromatic carbocycles. The summed E-state index contributed by atoms with van der Waals surface area (Å²) < 4.78 is 0. The third-order valence-electron chi connectivity index (χ3n) is 3.39. The molecule has 0 heterocycles. The molecule has 2 atom stereocenters. The van der Waals surface area contributed by atoms with Crippen LogP contribution in [0.25, 0.3) is 0 Å². The molecule has 0 bridgehead atoms. The maximum absolute atomic E-state index is 5.81. The molecule has 2 nitrogen and oxygen atoms in total. The molecule has 2 unspecified atom stereocenters. The van der Waals surface area contributed by atoms with Crippen LogP contribution < -0.4 is 0 Å². The van der Waals surface area contributed by atoms with Crippen molar-refractivity contribution in [3.8, 4) is 0 Å². The standard InChI is InChI=1S/C18H34O2/c1-9-11-13-15(17(3,4)5)19-20-16(14-12-10-2)18(6,7)8/h9-12,15-16H,13-14H2,1-8H3/b11-9+,12-10+. The summed E-state index contributed by atoms with van der Waals surface area (Å²) >= 11 is 0. The van der Waals surface area contributed by atoms with E-state index in [2.05, 4.69) is 65.8 Å². The molecule has 0 amide bonds. The van der Waals surface area contributed by atoms with Crippen molar-refractivity contribution in [2.45, 2.75) is 80.4 Å². The lowest BCUT2D eigenvalue weighted by atomic mass is 9.86. The molecule has 0 spiro atoms. The monoisotopic (exact) mass is 282 g/mol. The van der Waals surface area contributed by atoms with E-state index in [-0.39, 0.29) is 23.0 Å². The second-order valence-electron chi connectivity index (χ2n) is 7.51. The van der Waals surface area contributed by atoms with Gasteiger partial charge in [0.25, 0.3) is 0 Å². The van der Waals surface area contributed by atoms with Gasteiger partial charge in [0, 0.05) is 0 Å². The van der Waals surface area contributed by atoms with Crippen LogP contribution in [0.5, 0.6) is 0 Å².